The number of carbonyl (C=O) groups excluding carboxylic acids is 3. The van der Waals surface area contributed by atoms with Crippen LogP contribution >= 0.6 is 31.9 Å². The van der Waals surface area contributed by atoms with E-state index in [1.807, 2.05) is 107 Å². The Morgan fingerprint density at radius 1 is 0.732 bits per heavy atom. The van der Waals surface area contributed by atoms with Gasteiger partial charge in [-0.1, -0.05) is 66.5 Å². The molecule has 10 heteroatoms. The molecule has 2 atom stereocenters. The Hall–Kier alpha value is -3.37. The topological polar surface area (TPSA) is 103 Å². The van der Waals surface area contributed by atoms with Gasteiger partial charge in [-0.05, 0) is 79.2 Å². The van der Waals surface area contributed by atoms with Crippen LogP contribution in [0.5, 0.6) is 0 Å². The van der Waals surface area contributed by atoms with Crippen LogP contribution in [0.15, 0.2) is 72.8 Å². The molecular formula is C31H37Br2N5O3. The van der Waals surface area contributed by atoms with E-state index in [4.69, 9.17) is 0 Å². The Morgan fingerprint density at radius 2 is 1.15 bits per heavy atom. The highest BCUT2D eigenvalue weighted by molar-refractivity contribution is 9.09. The van der Waals surface area contributed by atoms with E-state index in [0.29, 0.717) is 22.5 Å². The van der Waals surface area contributed by atoms with Crippen LogP contribution in [0, 0.1) is 11.3 Å². The summed E-state index contributed by atoms with van der Waals surface area (Å²) in [5.41, 5.74) is 4.51. The zero-order valence-corrected chi connectivity index (χ0v) is 27.1. The molecule has 0 aromatic heterocycles. The lowest BCUT2D eigenvalue weighted by atomic mass is 9.95. The average molecular weight is 687 g/mol. The summed E-state index contributed by atoms with van der Waals surface area (Å²) in [7, 11) is 0. The lowest BCUT2D eigenvalue weighted by Crippen LogP contribution is -2.27. The summed E-state index contributed by atoms with van der Waals surface area (Å²) < 4.78 is 0. The monoisotopic (exact) mass is 685 g/mol. The lowest BCUT2D eigenvalue weighted by molar-refractivity contribution is -0.123. The summed E-state index contributed by atoms with van der Waals surface area (Å²) in [6.07, 6.45) is 0.743. The van der Waals surface area contributed by atoms with E-state index in [1.54, 1.807) is 0 Å². The number of hydrogen-bond donors (Lipinski definition) is 4. The Labute approximate surface area is 258 Å². The second-order valence-electron chi connectivity index (χ2n) is 10.9. The fraction of sp³-hybridized carbons (Fsp3) is 0.323. The van der Waals surface area contributed by atoms with Crippen LogP contribution in [0.4, 0.5) is 38.9 Å². The van der Waals surface area contributed by atoms with Gasteiger partial charge < -0.3 is 26.2 Å². The first-order valence-electron chi connectivity index (χ1n) is 13.3. The van der Waals surface area contributed by atoms with E-state index >= 15 is 0 Å². The van der Waals surface area contributed by atoms with Crippen LogP contribution in [0.1, 0.15) is 41.0 Å². The number of carbonyl (C=O) groups is 3. The summed E-state index contributed by atoms with van der Waals surface area (Å²) in [6, 6.07) is 22.4. The molecule has 0 aliphatic rings. The van der Waals surface area contributed by atoms with Gasteiger partial charge >= 0.3 is 6.03 Å². The summed E-state index contributed by atoms with van der Waals surface area (Å²) in [4.78, 5) is 39.3. The van der Waals surface area contributed by atoms with E-state index < -0.39 is 5.41 Å². The average Bonchev–Trinajstić information content (AvgIpc) is 2.91. The van der Waals surface area contributed by atoms with Crippen molar-refractivity contribution in [2.24, 2.45) is 11.3 Å². The number of alkyl halides is 2. The molecule has 3 aromatic carbocycles. The van der Waals surface area contributed by atoms with Gasteiger partial charge in [-0.2, -0.15) is 0 Å². The van der Waals surface area contributed by atoms with Crippen molar-refractivity contribution in [1.29, 1.82) is 0 Å². The van der Waals surface area contributed by atoms with Crippen LogP contribution in [0.2, 0.25) is 0 Å². The molecule has 0 aliphatic heterocycles. The number of hydrogen-bond acceptors (Lipinski definition) is 4. The minimum Gasteiger partial charge on any atom is -0.328 e. The van der Waals surface area contributed by atoms with E-state index in [9.17, 15) is 14.4 Å². The minimum atomic E-state index is -0.507. The Bertz CT molecular complexity index is 1320. The summed E-state index contributed by atoms with van der Waals surface area (Å²) >= 11 is 6.70. The SMILES string of the molecule is CC(Br)CC(C)C(=O)Nc1ccc(N(c2ccc(NC(=O)NCBr)cc2)c2ccc(NC(=O)C(C)(C)C)cc2)cc1. The summed E-state index contributed by atoms with van der Waals surface area (Å²) in [5, 5.41) is 11.4. The Kier molecular flexibility index (Phi) is 11.4. The van der Waals surface area contributed by atoms with Crippen molar-refractivity contribution in [2.75, 3.05) is 26.3 Å². The third-order valence-corrected chi connectivity index (χ3v) is 6.85. The summed E-state index contributed by atoms with van der Waals surface area (Å²) in [5.74, 6) is -0.214. The second-order valence-corrected chi connectivity index (χ2v) is 13.0. The fourth-order valence-corrected chi connectivity index (χ4v) is 4.76. The van der Waals surface area contributed by atoms with E-state index in [-0.39, 0.29) is 28.6 Å². The van der Waals surface area contributed by atoms with E-state index in [0.717, 1.165) is 23.5 Å². The van der Waals surface area contributed by atoms with Gasteiger partial charge in [0.15, 0.2) is 0 Å². The van der Waals surface area contributed by atoms with Crippen molar-refractivity contribution in [1.82, 2.24) is 5.32 Å². The van der Waals surface area contributed by atoms with Crippen molar-refractivity contribution in [2.45, 2.75) is 45.9 Å². The van der Waals surface area contributed by atoms with Crippen LogP contribution in [-0.2, 0) is 9.59 Å². The molecule has 0 heterocycles. The van der Waals surface area contributed by atoms with Gasteiger partial charge in [0.05, 0.1) is 5.45 Å². The standard InChI is InChI=1S/C31H37Br2N5O3/c1-20(18-21(2)33)28(39)35-22-6-12-25(13-7-22)38(27-16-10-24(11-17-27)37-30(41)34-19-32)26-14-8-23(9-15-26)36-29(40)31(3,4)5/h6-17,20-21H,18-19H2,1-5H3,(H,35,39)(H,36,40)(H2,34,37,41). The fourth-order valence-electron chi connectivity index (χ4n) is 3.94. The zero-order chi connectivity index (χ0) is 30.2. The van der Waals surface area contributed by atoms with Gasteiger partial charge in [0.2, 0.25) is 11.8 Å². The van der Waals surface area contributed by atoms with Gasteiger partial charge in [0, 0.05) is 50.3 Å². The Balaban J connectivity index is 1.89. The minimum absolute atomic E-state index is 0.0270. The zero-order valence-electron chi connectivity index (χ0n) is 23.9. The van der Waals surface area contributed by atoms with E-state index in [1.165, 1.54) is 0 Å². The van der Waals surface area contributed by atoms with Crippen molar-refractivity contribution in [3.8, 4) is 0 Å². The van der Waals surface area contributed by atoms with Gasteiger partial charge in [-0.15, -0.1) is 0 Å². The number of rotatable bonds is 10. The normalized spacial score (nSPS) is 12.6. The molecule has 0 spiro atoms. The third kappa shape index (κ3) is 9.60. The van der Waals surface area contributed by atoms with Crippen LogP contribution in [-0.4, -0.2) is 28.1 Å². The predicted molar refractivity (Wildman–Crippen MR) is 176 cm³/mol. The molecule has 4 amide bonds. The van der Waals surface area contributed by atoms with Crippen molar-refractivity contribution in [3.05, 3.63) is 72.8 Å². The first kappa shape index (κ1) is 32.1. The molecule has 0 bridgehead atoms. The Morgan fingerprint density at radius 3 is 1.54 bits per heavy atom. The highest BCUT2D eigenvalue weighted by Gasteiger charge is 2.21. The number of amides is 4. The quantitative estimate of drug-likeness (QED) is 0.127. The van der Waals surface area contributed by atoms with Gasteiger partial charge in [-0.3, -0.25) is 9.59 Å². The first-order chi connectivity index (χ1) is 19.4. The van der Waals surface area contributed by atoms with Crippen LogP contribution in [0.25, 0.3) is 0 Å². The highest BCUT2D eigenvalue weighted by Crippen LogP contribution is 2.36. The summed E-state index contributed by atoms with van der Waals surface area (Å²) in [6.45, 7) is 9.55. The number of nitrogens with zero attached hydrogens (tertiary/aromatic N) is 1. The molecule has 8 nitrogen and oxygen atoms in total. The van der Waals surface area contributed by atoms with Crippen LogP contribution in [0.3, 0.4) is 0 Å². The number of anilines is 6. The third-order valence-electron chi connectivity index (χ3n) is 6.19. The molecule has 41 heavy (non-hydrogen) atoms. The number of benzene rings is 3. The maximum atomic E-state index is 12.6. The molecule has 0 saturated carbocycles. The van der Waals surface area contributed by atoms with E-state index in [2.05, 4.69) is 58.0 Å². The van der Waals surface area contributed by atoms with Crippen LogP contribution < -0.4 is 26.2 Å². The second kappa shape index (κ2) is 14.5. The number of halogens is 2. The highest BCUT2D eigenvalue weighted by atomic mass is 79.9. The van der Waals surface area contributed by atoms with Gasteiger partial charge in [0.25, 0.3) is 0 Å². The molecule has 0 saturated heterocycles. The predicted octanol–water partition coefficient (Wildman–Crippen LogP) is 8.36. The van der Waals surface area contributed by atoms with Crippen molar-refractivity contribution >= 4 is 83.8 Å². The van der Waals surface area contributed by atoms with Crippen molar-refractivity contribution in [3.63, 3.8) is 0 Å². The number of nitrogens with one attached hydrogen (secondary N) is 4. The van der Waals surface area contributed by atoms with Gasteiger partial charge in [-0.25, -0.2) is 4.79 Å². The van der Waals surface area contributed by atoms with Crippen molar-refractivity contribution < 1.29 is 14.4 Å². The molecule has 0 radical (unpaired) electrons. The number of urea groups is 1. The first-order valence-corrected chi connectivity index (χ1v) is 15.4. The maximum absolute atomic E-state index is 12.6. The molecule has 218 valence electrons. The molecule has 0 fully saturated rings. The molecule has 3 rings (SSSR count). The largest absolute Gasteiger partial charge is 0.328 e. The smallest absolute Gasteiger partial charge is 0.319 e. The van der Waals surface area contributed by atoms with Gasteiger partial charge in [0.1, 0.15) is 0 Å². The molecule has 4 N–H and O–H groups in total. The lowest BCUT2D eigenvalue weighted by Gasteiger charge is -2.26. The molecule has 2 unspecified atom stereocenters. The maximum Gasteiger partial charge on any atom is 0.319 e. The molecule has 3 aromatic rings. The molecule has 0 aliphatic carbocycles. The molecular weight excluding hydrogens is 650 g/mol.